The molecule has 0 spiro atoms. The predicted octanol–water partition coefficient (Wildman–Crippen LogP) is 1.96. The highest BCUT2D eigenvalue weighted by atomic mass is 32.2. The van der Waals surface area contributed by atoms with Crippen LogP contribution in [-0.4, -0.2) is 50.4 Å². The average molecular weight is 432 g/mol. The number of sulfone groups is 1. The summed E-state index contributed by atoms with van der Waals surface area (Å²) >= 11 is 0. The highest BCUT2D eigenvalue weighted by molar-refractivity contribution is 7.90. The van der Waals surface area contributed by atoms with Crippen molar-refractivity contribution in [2.24, 2.45) is 0 Å². The first-order valence-electron chi connectivity index (χ1n) is 9.11. The van der Waals surface area contributed by atoms with Crippen molar-refractivity contribution >= 4 is 21.7 Å². The van der Waals surface area contributed by atoms with Gasteiger partial charge in [0.25, 0.3) is 5.91 Å². The second-order valence-electron chi connectivity index (χ2n) is 6.59. The summed E-state index contributed by atoms with van der Waals surface area (Å²) in [6, 6.07) is 6.98. The van der Waals surface area contributed by atoms with Crippen molar-refractivity contribution in [3.8, 4) is 11.5 Å². The lowest BCUT2D eigenvalue weighted by atomic mass is 10.1. The van der Waals surface area contributed by atoms with E-state index < -0.39 is 27.8 Å². The maximum Gasteiger partial charge on any atom is 0.334 e. The van der Waals surface area contributed by atoms with E-state index >= 15 is 0 Å². The number of amides is 1. The van der Waals surface area contributed by atoms with Crippen LogP contribution in [0.15, 0.2) is 55.4 Å². The molecule has 1 aromatic carbocycles. The van der Waals surface area contributed by atoms with Crippen LogP contribution >= 0.6 is 0 Å². The van der Waals surface area contributed by atoms with E-state index in [1.54, 1.807) is 30.3 Å². The normalized spacial score (nSPS) is 11.9. The van der Waals surface area contributed by atoms with E-state index in [-0.39, 0.29) is 23.5 Å². The summed E-state index contributed by atoms with van der Waals surface area (Å²) in [6.07, 6.45) is 6.11. The van der Waals surface area contributed by atoms with Gasteiger partial charge in [0.2, 0.25) is 0 Å². The summed E-state index contributed by atoms with van der Waals surface area (Å²) in [5.41, 5.74) is 1.15. The molecule has 0 aliphatic rings. The van der Waals surface area contributed by atoms with Gasteiger partial charge in [-0.25, -0.2) is 13.2 Å². The van der Waals surface area contributed by atoms with Crippen molar-refractivity contribution in [3.05, 3.63) is 66.5 Å². The minimum Gasteiger partial charge on any atom is -0.493 e. The predicted molar refractivity (Wildman–Crippen MR) is 112 cm³/mol. The number of rotatable bonds is 10. The fourth-order valence-electron chi connectivity index (χ4n) is 2.59. The van der Waals surface area contributed by atoms with E-state index in [1.165, 1.54) is 25.6 Å². The molecule has 0 bridgehead atoms. The van der Waals surface area contributed by atoms with Crippen LogP contribution in [-0.2, 0) is 21.1 Å². The Kier molecular flexibility index (Phi) is 8.11. The van der Waals surface area contributed by atoms with Crippen LogP contribution in [0.25, 0.3) is 0 Å². The summed E-state index contributed by atoms with van der Waals surface area (Å²) in [4.78, 5) is 29.1. The van der Waals surface area contributed by atoms with Gasteiger partial charge in [-0.1, -0.05) is 12.1 Å². The number of pyridine rings is 1. The lowest BCUT2D eigenvalue weighted by molar-refractivity contribution is -0.136. The van der Waals surface area contributed by atoms with E-state index in [1.807, 2.05) is 0 Å². The number of carbonyl (C=O) groups excluding carboxylic acids is 2. The van der Waals surface area contributed by atoms with Crippen LogP contribution in [0.3, 0.4) is 0 Å². The molecular formula is C21H24N2O6S. The molecule has 0 aliphatic heterocycles. The first kappa shape index (κ1) is 23.1. The van der Waals surface area contributed by atoms with Crippen molar-refractivity contribution in [3.63, 3.8) is 0 Å². The smallest absolute Gasteiger partial charge is 0.334 e. The zero-order valence-electron chi connectivity index (χ0n) is 16.8. The lowest BCUT2D eigenvalue weighted by Gasteiger charge is -2.18. The van der Waals surface area contributed by atoms with Crippen molar-refractivity contribution in [2.75, 3.05) is 19.1 Å². The van der Waals surface area contributed by atoms with Crippen LogP contribution in [0.5, 0.6) is 11.5 Å². The molecule has 0 saturated heterocycles. The maximum absolute atomic E-state index is 12.8. The van der Waals surface area contributed by atoms with Gasteiger partial charge in [0, 0.05) is 18.6 Å². The molecule has 1 N–H and O–H groups in total. The molecule has 0 aliphatic carbocycles. The number of aromatic nitrogens is 1. The second kappa shape index (κ2) is 10.5. The maximum atomic E-state index is 12.8. The average Bonchev–Trinajstić information content (AvgIpc) is 2.72. The number of nitrogens with zero attached hydrogens (tertiary/aromatic N) is 1. The third-order valence-electron chi connectivity index (χ3n) is 4.11. The molecular weight excluding hydrogens is 408 g/mol. The van der Waals surface area contributed by atoms with Gasteiger partial charge < -0.3 is 14.8 Å². The Morgan fingerprint density at radius 3 is 2.63 bits per heavy atom. The summed E-state index contributed by atoms with van der Waals surface area (Å²) in [5.74, 6) is -1.16. The molecule has 0 radical (unpaired) electrons. The largest absolute Gasteiger partial charge is 0.493 e. The number of benzene rings is 1. The van der Waals surface area contributed by atoms with E-state index in [4.69, 9.17) is 9.47 Å². The van der Waals surface area contributed by atoms with Crippen LogP contribution in [0.2, 0.25) is 0 Å². The Hall–Kier alpha value is -3.20. The van der Waals surface area contributed by atoms with Gasteiger partial charge in [0.15, 0.2) is 11.5 Å². The van der Waals surface area contributed by atoms with Gasteiger partial charge >= 0.3 is 5.97 Å². The summed E-state index contributed by atoms with van der Waals surface area (Å²) in [5, 5.41) is 2.52. The summed E-state index contributed by atoms with van der Waals surface area (Å²) in [7, 11) is -1.92. The van der Waals surface area contributed by atoms with Gasteiger partial charge in [-0.2, -0.15) is 0 Å². The van der Waals surface area contributed by atoms with E-state index in [9.17, 15) is 18.0 Å². The lowest BCUT2D eigenvalue weighted by Crippen LogP contribution is -2.44. The highest BCUT2D eigenvalue weighted by Gasteiger charge is 2.26. The Labute approximate surface area is 175 Å². The molecule has 1 heterocycles. The van der Waals surface area contributed by atoms with Gasteiger partial charge in [-0.05, 0) is 42.7 Å². The van der Waals surface area contributed by atoms with Crippen LogP contribution in [0.1, 0.15) is 22.3 Å². The first-order valence-corrected chi connectivity index (χ1v) is 11.2. The van der Waals surface area contributed by atoms with E-state index in [0.717, 1.165) is 11.8 Å². The van der Waals surface area contributed by atoms with Gasteiger partial charge in [0.1, 0.15) is 15.9 Å². The minimum atomic E-state index is -3.36. The number of nitrogens with one attached hydrogen (secondary N) is 1. The minimum absolute atomic E-state index is 0.138. The number of ether oxygens (including phenoxy) is 2. The molecule has 1 unspecified atom stereocenters. The third-order valence-corrected chi connectivity index (χ3v) is 5.09. The number of methoxy groups -OCH3 is 1. The Morgan fingerprint density at radius 2 is 2.03 bits per heavy atom. The number of carbonyl (C=O) groups is 2. The van der Waals surface area contributed by atoms with E-state index in [2.05, 4.69) is 16.9 Å². The van der Waals surface area contributed by atoms with Gasteiger partial charge in [-0.3, -0.25) is 9.78 Å². The van der Waals surface area contributed by atoms with Crippen LogP contribution in [0, 0.1) is 0 Å². The molecule has 30 heavy (non-hydrogen) atoms. The number of hydrogen-bond acceptors (Lipinski definition) is 7. The van der Waals surface area contributed by atoms with Crippen molar-refractivity contribution < 1.29 is 27.5 Å². The van der Waals surface area contributed by atoms with Crippen molar-refractivity contribution in [1.82, 2.24) is 10.3 Å². The molecule has 1 atom stereocenters. The fraction of sp³-hybridized carbons (Fsp3) is 0.286. The standard InChI is InChI=1S/C21H24N2O6S/c1-4-6-15-8-9-18(19(13-15)28-2)29-21(25)17(10-12-30(3,26)27)23-20(24)16-7-5-11-22-14-16/h4-5,7-9,11,13-14,17H,1,6,10,12H2,2-3H3,(H,23,24). The van der Waals surface area contributed by atoms with Crippen LogP contribution < -0.4 is 14.8 Å². The number of hydrogen-bond donors (Lipinski definition) is 1. The van der Waals surface area contributed by atoms with Crippen LogP contribution in [0.4, 0.5) is 0 Å². The molecule has 2 aromatic rings. The Morgan fingerprint density at radius 1 is 1.27 bits per heavy atom. The molecule has 2 rings (SSSR count). The molecule has 0 fully saturated rings. The zero-order chi connectivity index (χ0) is 22.1. The highest BCUT2D eigenvalue weighted by Crippen LogP contribution is 2.29. The first-order chi connectivity index (χ1) is 14.2. The fourth-order valence-corrected chi connectivity index (χ4v) is 3.25. The summed E-state index contributed by atoms with van der Waals surface area (Å²) in [6.45, 7) is 3.68. The third kappa shape index (κ3) is 7.00. The summed E-state index contributed by atoms with van der Waals surface area (Å²) < 4.78 is 33.8. The topological polar surface area (TPSA) is 112 Å². The monoisotopic (exact) mass is 432 g/mol. The Bertz CT molecular complexity index is 1010. The van der Waals surface area contributed by atoms with E-state index in [0.29, 0.717) is 12.2 Å². The quantitative estimate of drug-likeness (QED) is 0.347. The SMILES string of the molecule is C=CCc1ccc(OC(=O)C(CCS(C)(=O)=O)NC(=O)c2cccnc2)c(OC)c1. The molecule has 0 saturated carbocycles. The zero-order valence-corrected chi connectivity index (χ0v) is 17.6. The molecule has 1 amide bonds. The Balaban J connectivity index is 2.21. The second-order valence-corrected chi connectivity index (χ2v) is 8.85. The molecule has 8 nitrogen and oxygen atoms in total. The van der Waals surface area contributed by atoms with Crippen molar-refractivity contribution in [1.29, 1.82) is 0 Å². The number of esters is 1. The van der Waals surface area contributed by atoms with Gasteiger partial charge in [0.05, 0.1) is 18.4 Å². The number of allylic oxidation sites excluding steroid dienone is 1. The molecule has 9 heteroatoms. The molecule has 160 valence electrons. The molecule has 1 aromatic heterocycles. The van der Waals surface area contributed by atoms with Crippen molar-refractivity contribution in [2.45, 2.75) is 18.9 Å². The van der Waals surface area contributed by atoms with Gasteiger partial charge in [-0.15, -0.1) is 6.58 Å².